The highest BCUT2D eigenvalue weighted by molar-refractivity contribution is 5.97. The van der Waals surface area contributed by atoms with Gasteiger partial charge >= 0.3 is 0 Å². The summed E-state index contributed by atoms with van der Waals surface area (Å²) in [6.07, 6.45) is 1.46. The lowest BCUT2D eigenvalue weighted by Crippen LogP contribution is -2.03. The third kappa shape index (κ3) is 16.9. The van der Waals surface area contributed by atoms with Gasteiger partial charge in [-0.25, -0.2) is 0 Å². The van der Waals surface area contributed by atoms with Crippen molar-refractivity contribution in [2.24, 2.45) is 0 Å². The van der Waals surface area contributed by atoms with Gasteiger partial charge in [0.25, 0.3) is 0 Å². The first kappa shape index (κ1) is 63.0. The molecule has 0 saturated heterocycles. The Morgan fingerprint density at radius 3 is 1.27 bits per heavy atom. The number of nitriles is 1. The highest BCUT2D eigenvalue weighted by Crippen LogP contribution is 2.29. The van der Waals surface area contributed by atoms with Crippen LogP contribution >= 0.6 is 0 Å². The number of benzene rings is 12. The van der Waals surface area contributed by atoms with E-state index in [1.807, 2.05) is 125 Å². The summed E-state index contributed by atoms with van der Waals surface area (Å²) in [7, 11) is 3.16. The van der Waals surface area contributed by atoms with Gasteiger partial charge < -0.3 is 43.8 Å². The third-order valence-corrected chi connectivity index (χ3v) is 14.0. The minimum atomic E-state index is -0.0861. The lowest BCUT2D eigenvalue weighted by Gasteiger charge is -2.09. The number of methoxy groups -OCH3 is 2. The number of hydrogen-bond acceptors (Lipinski definition) is 13. The number of nitrogens with one attached hydrogen (secondary N) is 1. The van der Waals surface area contributed by atoms with Crippen molar-refractivity contribution in [3.05, 3.63) is 256 Å². The summed E-state index contributed by atoms with van der Waals surface area (Å²) in [5, 5.41) is 67.0. The van der Waals surface area contributed by atoms with Crippen molar-refractivity contribution in [1.29, 1.82) is 10.7 Å². The fraction of sp³-hybridized carbons (Fsp3) is 0.120. The van der Waals surface area contributed by atoms with Gasteiger partial charge in [-0.2, -0.15) is 5.26 Å². The molecule has 0 aliphatic heterocycles. The molecule has 442 valence electrons. The van der Waals surface area contributed by atoms with Gasteiger partial charge in [-0.1, -0.05) is 143 Å². The number of fused-ring (bicyclic) bond motifs is 7. The molecule has 13 heteroatoms. The molecule has 5 N–H and O–H groups in total. The summed E-state index contributed by atoms with van der Waals surface area (Å²) in [5.41, 5.74) is 7.65. The Kier molecular flexibility index (Phi) is 21.2. The molecule has 13 aromatic rings. The van der Waals surface area contributed by atoms with Crippen LogP contribution < -0.4 is 15.0 Å². The zero-order valence-corrected chi connectivity index (χ0v) is 49.8. The van der Waals surface area contributed by atoms with Crippen LogP contribution in [0.2, 0.25) is 0 Å². The molecule has 0 bridgehead atoms. The number of carbonyl (C=O) groups excluding carboxylic acids is 2. The van der Waals surface area contributed by atoms with Crippen molar-refractivity contribution in [2.45, 2.75) is 34.6 Å². The molecule has 0 fully saturated rings. The molecule has 1 aromatic heterocycles. The first-order chi connectivity index (χ1) is 42.4. The average Bonchev–Trinajstić information content (AvgIpc) is 1.56. The van der Waals surface area contributed by atoms with E-state index in [1.54, 1.807) is 68.8 Å². The Bertz CT molecular complexity index is 4600. The van der Waals surface area contributed by atoms with Crippen LogP contribution in [0.4, 0.5) is 0 Å². The van der Waals surface area contributed by atoms with Crippen molar-refractivity contribution in [3.63, 3.8) is 0 Å². The standard InChI is InChI=1S/C15H10N2O.C14H14O3.C13H14O2.C12H10O2.C11H10O.C10H8O2/c1-9-2-3-10-5-12-6-13(8-16)15(17)18-14(12)7-11(10)4-9;1-10-3-4-11-6-13(8-15)14(17-9-16-2)7-12(11)5-10;1-10-3-4-11-5-6-13(15-9-14-2)8-12(11)7-10;1-8-2-3-9-5-11(7-13)12(14)6-10(9)4-8;1-8-2-3-9-4-5-11(12)7-10(9)6-8;11-9-3-1-7-2-4-10(12)6-8(7)5-9/h2-7,17H,1H3;3-8H,9H2,1-2H3;3-8H,9H2,1-2H3;2-7,14H,1H3;2-7,12H,1H3;1-6,11-12H. The van der Waals surface area contributed by atoms with E-state index in [-0.39, 0.29) is 42.0 Å². The molecule has 0 aliphatic rings. The molecule has 13 rings (SSSR count). The second-order valence-corrected chi connectivity index (χ2v) is 20.9. The van der Waals surface area contributed by atoms with Crippen LogP contribution in [0.25, 0.3) is 75.6 Å². The number of aryl methyl sites for hydroxylation is 5. The van der Waals surface area contributed by atoms with Gasteiger partial charge in [0, 0.05) is 19.6 Å². The van der Waals surface area contributed by atoms with Crippen LogP contribution in [-0.4, -0.2) is 60.8 Å². The van der Waals surface area contributed by atoms with Crippen molar-refractivity contribution >= 4 is 88.2 Å². The summed E-state index contributed by atoms with van der Waals surface area (Å²) in [5.74, 6) is 2.20. The molecular formula is C75H66N2O11. The van der Waals surface area contributed by atoms with Crippen LogP contribution in [0.15, 0.2) is 211 Å². The predicted octanol–water partition coefficient (Wildman–Crippen LogP) is 17.1. The van der Waals surface area contributed by atoms with E-state index < -0.39 is 0 Å². The number of aromatic hydroxyl groups is 4. The van der Waals surface area contributed by atoms with Gasteiger partial charge in [-0.15, -0.1) is 0 Å². The van der Waals surface area contributed by atoms with Gasteiger partial charge in [-0.3, -0.25) is 15.0 Å². The smallest absolute Gasteiger partial charge is 0.229 e. The number of aldehydes is 2. The number of rotatable bonds is 8. The maximum Gasteiger partial charge on any atom is 0.229 e. The fourth-order valence-corrected chi connectivity index (χ4v) is 9.49. The quantitative estimate of drug-likeness (QED) is 0.0546. The molecule has 13 nitrogen and oxygen atoms in total. The molecule has 0 saturated carbocycles. The minimum Gasteiger partial charge on any atom is -0.508 e. The van der Waals surface area contributed by atoms with Crippen molar-refractivity contribution in [2.75, 3.05) is 27.8 Å². The number of phenols is 4. The maximum absolute atomic E-state index is 11.0. The highest BCUT2D eigenvalue weighted by Gasteiger charge is 2.08. The van der Waals surface area contributed by atoms with E-state index in [4.69, 9.17) is 44.2 Å². The molecule has 12 aromatic carbocycles. The molecule has 0 radical (unpaired) electrons. The largest absolute Gasteiger partial charge is 0.508 e. The second kappa shape index (κ2) is 29.7. The number of hydrogen-bond donors (Lipinski definition) is 5. The first-order valence-electron chi connectivity index (χ1n) is 27.9. The number of phenolic OH excluding ortho intramolecular Hbond substituents is 4. The molecule has 0 aliphatic carbocycles. The van der Waals surface area contributed by atoms with Crippen LogP contribution in [0.5, 0.6) is 34.5 Å². The number of carbonyl (C=O) groups is 2. The van der Waals surface area contributed by atoms with E-state index in [1.165, 1.54) is 38.4 Å². The maximum atomic E-state index is 11.0. The van der Waals surface area contributed by atoms with E-state index in [2.05, 4.69) is 67.6 Å². The summed E-state index contributed by atoms with van der Waals surface area (Å²) in [6.45, 7) is 10.6. The van der Waals surface area contributed by atoms with E-state index in [9.17, 15) is 19.8 Å². The van der Waals surface area contributed by atoms with Crippen LogP contribution in [-0.2, 0) is 9.47 Å². The lowest BCUT2D eigenvalue weighted by molar-refractivity contribution is 0.0506. The summed E-state index contributed by atoms with van der Waals surface area (Å²) in [6, 6.07) is 66.8. The average molecular weight is 1170 g/mol. The second-order valence-electron chi connectivity index (χ2n) is 20.9. The molecule has 88 heavy (non-hydrogen) atoms. The number of ether oxygens (including phenoxy) is 4. The van der Waals surface area contributed by atoms with Crippen LogP contribution in [0.3, 0.4) is 0 Å². The summed E-state index contributed by atoms with van der Waals surface area (Å²) < 4.78 is 25.8. The normalized spacial score (nSPS) is 10.5. The lowest BCUT2D eigenvalue weighted by atomic mass is 10.0. The Morgan fingerprint density at radius 1 is 0.409 bits per heavy atom. The van der Waals surface area contributed by atoms with E-state index in [0.717, 1.165) is 71.5 Å². The minimum absolute atomic E-state index is 0.0399. The van der Waals surface area contributed by atoms with Gasteiger partial charge in [0.1, 0.15) is 51.7 Å². The molecule has 0 amide bonds. The third-order valence-electron chi connectivity index (χ3n) is 14.0. The molecule has 1 heterocycles. The van der Waals surface area contributed by atoms with E-state index >= 15 is 0 Å². The summed E-state index contributed by atoms with van der Waals surface area (Å²) >= 11 is 0. The van der Waals surface area contributed by atoms with Gasteiger partial charge in [0.2, 0.25) is 5.55 Å². The zero-order chi connectivity index (χ0) is 62.9. The SMILES string of the molecule is COCOc1cc2cc(C)ccc2cc1C=O.COCOc1ccc2ccc(C)cc2c1.Cc1ccc2cc(C=O)c(O)cc2c1.Cc1ccc2cc3cc(C#N)c(=N)oc3cc2c1.Cc1ccc2ccc(O)cc2c1.Oc1ccc2ccc(O)cc2c1. The monoisotopic (exact) mass is 1170 g/mol. The Balaban J connectivity index is 0.000000138. The van der Waals surface area contributed by atoms with Crippen molar-refractivity contribution in [3.8, 4) is 40.6 Å². The fourth-order valence-electron chi connectivity index (χ4n) is 9.49. The van der Waals surface area contributed by atoms with Crippen LogP contribution in [0.1, 0.15) is 54.1 Å². The van der Waals surface area contributed by atoms with E-state index in [0.29, 0.717) is 34.5 Å². The topological polar surface area (TPSA) is 213 Å². The van der Waals surface area contributed by atoms with Crippen molar-refractivity contribution in [1.82, 2.24) is 0 Å². The van der Waals surface area contributed by atoms with Crippen LogP contribution in [0, 0.1) is 51.4 Å². The van der Waals surface area contributed by atoms with Gasteiger partial charge in [0.15, 0.2) is 26.2 Å². The predicted molar refractivity (Wildman–Crippen MR) is 350 cm³/mol. The van der Waals surface area contributed by atoms with Crippen molar-refractivity contribution < 1.29 is 53.4 Å². The van der Waals surface area contributed by atoms with Gasteiger partial charge in [-0.05, 0) is 190 Å². The zero-order valence-electron chi connectivity index (χ0n) is 49.8. The first-order valence-corrected chi connectivity index (χ1v) is 27.9. The Morgan fingerprint density at radius 2 is 0.795 bits per heavy atom. The highest BCUT2D eigenvalue weighted by atomic mass is 16.7. The molecular weight excluding hydrogens is 1100 g/mol. The number of nitrogens with zero attached hydrogens (tertiary/aromatic N) is 1. The van der Waals surface area contributed by atoms with Gasteiger partial charge in [0.05, 0.1) is 11.1 Å². The molecule has 0 spiro atoms. The Labute approximate surface area is 509 Å². The summed E-state index contributed by atoms with van der Waals surface area (Å²) in [4.78, 5) is 21.6. The molecule has 0 atom stereocenters. The molecule has 0 unspecified atom stereocenters. The Hall–Kier alpha value is -11.0.